The smallest absolute Gasteiger partial charge is 0.306 e. The van der Waals surface area contributed by atoms with Crippen molar-refractivity contribution in [1.82, 2.24) is 0 Å². The van der Waals surface area contributed by atoms with Gasteiger partial charge in [-0.2, -0.15) is 0 Å². The highest BCUT2D eigenvalue weighted by Crippen LogP contribution is 2.18. The van der Waals surface area contributed by atoms with Crippen LogP contribution in [-0.2, 0) is 28.6 Å². The molecule has 0 saturated heterocycles. The number of esters is 3. The Morgan fingerprint density at radius 2 is 0.508 bits per heavy atom. The summed E-state index contributed by atoms with van der Waals surface area (Å²) in [5.41, 5.74) is 0. The van der Waals surface area contributed by atoms with Crippen LogP contribution < -0.4 is 0 Å². The standard InChI is InChI=1S/C59H114O6/c1-5-7-9-11-13-15-17-18-19-20-21-22-25-28-31-35-39-43-47-51-58(61)64-54-56(53-63-57(60)50-46-42-38-34-16-14-12-10-8-6-2)65-59(62)52-48-44-40-36-32-29-26-23-24-27-30-33-37-41-45-49-55(3)4/h55-56H,5-54H2,1-4H3/t56-/m1/s1. The molecule has 6 heteroatoms. The van der Waals surface area contributed by atoms with Crippen molar-refractivity contribution in [2.75, 3.05) is 13.2 Å². The van der Waals surface area contributed by atoms with Gasteiger partial charge in [0.25, 0.3) is 0 Å². The highest BCUT2D eigenvalue weighted by atomic mass is 16.6. The van der Waals surface area contributed by atoms with E-state index in [1.807, 2.05) is 0 Å². The van der Waals surface area contributed by atoms with E-state index in [2.05, 4.69) is 27.7 Å². The minimum Gasteiger partial charge on any atom is -0.462 e. The summed E-state index contributed by atoms with van der Waals surface area (Å²) in [7, 11) is 0. The number of unbranched alkanes of at least 4 members (excludes halogenated alkanes) is 41. The van der Waals surface area contributed by atoms with Crippen molar-refractivity contribution in [1.29, 1.82) is 0 Å². The number of hydrogen-bond acceptors (Lipinski definition) is 6. The normalized spacial score (nSPS) is 12.0. The minimum atomic E-state index is -0.761. The van der Waals surface area contributed by atoms with Crippen LogP contribution in [0.15, 0.2) is 0 Å². The highest BCUT2D eigenvalue weighted by molar-refractivity contribution is 5.71. The second-order valence-electron chi connectivity index (χ2n) is 20.8. The molecule has 6 nitrogen and oxygen atoms in total. The van der Waals surface area contributed by atoms with Gasteiger partial charge in [0.2, 0.25) is 0 Å². The van der Waals surface area contributed by atoms with Crippen molar-refractivity contribution in [2.45, 2.75) is 342 Å². The Hall–Kier alpha value is -1.59. The first-order valence-electron chi connectivity index (χ1n) is 29.4. The molecule has 0 fully saturated rings. The molecule has 0 amide bonds. The molecular formula is C59H114O6. The molecule has 0 aromatic rings. The van der Waals surface area contributed by atoms with Gasteiger partial charge in [-0.1, -0.05) is 297 Å². The van der Waals surface area contributed by atoms with Gasteiger partial charge >= 0.3 is 17.9 Å². The van der Waals surface area contributed by atoms with Crippen molar-refractivity contribution in [3.05, 3.63) is 0 Å². The first-order chi connectivity index (χ1) is 31.9. The molecule has 0 unspecified atom stereocenters. The fourth-order valence-electron chi connectivity index (χ4n) is 9.10. The van der Waals surface area contributed by atoms with Crippen LogP contribution in [0.4, 0.5) is 0 Å². The Balaban J connectivity index is 4.22. The molecule has 0 aromatic heterocycles. The second kappa shape index (κ2) is 53.4. The minimum absolute atomic E-state index is 0.0618. The fraction of sp³-hybridized carbons (Fsp3) is 0.949. The van der Waals surface area contributed by atoms with E-state index in [1.54, 1.807) is 0 Å². The van der Waals surface area contributed by atoms with Gasteiger partial charge in [0.15, 0.2) is 6.10 Å². The predicted octanol–water partition coefficient (Wildman–Crippen LogP) is 19.4. The van der Waals surface area contributed by atoms with E-state index in [9.17, 15) is 14.4 Å². The van der Waals surface area contributed by atoms with E-state index in [-0.39, 0.29) is 31.1 Å². The average Bonchev–Trinajstić information content (AvgIpc) is 3.29. The second-order valence-corrected chi connectivity index (χ2v) is 20.8. The van der Waals surface area contributed by atoms with Crippen molar-refractivity contribution in [3.63, 3.8) is 0 Å². The molecule has 0 aromatic carbocycles. The molecule has 0 radical (unpaired) electrons. The zero-order valence-electron chi connectivity index (χ0n) is 44.5. The third kappa shape index (κ3) is 53.2. The quantitative estimate of drug-likeness (QED) is 0.0344. The summed E-state index contributed by atoms with van der Waals surface area (Å²) in [6, 6.07) is 0. The number of carbonyl (C=O) groups is 3. The van der Waals surface area contributed by atoms with Gasteiger partial charge in [-0.3, -0.25) is 14.4 Å². The lowest BCUT2D eigenvalue weighted by atomic mass is 10.0. The van der Waals surface area contributed by atoms with Crippen molar-refractivity contribution >= 4 is 17.9 Å². The van der Waals surface area contributed by atoms with Crippen LogP contribution in [0.5, 0.6) is 0 Å². The molecular weight excluding hydrogens is 805 g/mol. The Morgan fingerprint density at radius 3 is 0.754 bits per heavy atom. The topological polar surface area (TPSA) is 78.9 Å². The lowest BCUT2D eigenvalue weighted by Crippen LogP contribution is -2.30. The predicted molar refractivity (Wildman–Crippen MR) is 280 cm³/mol. The van der Waals surface area contributed by atoms with Crippen LogP contribution in [0.1, 0.15) is 336 Å². The first-order valence-corrected chi connectivity index (χ1v) is 29.4. The Morgan fingerprint density at radius 1 is 0.292 bits per heavy atom. The molecule has 0 rings (SSSR count). The molecule has 386 valence electrons. The number of hydrogen-bond donors (Lipinski definition) is 0. The van der Waals surface area contributed by atoms with Gasteiger partial charge in [-0.15, -0.1) is 0 Å². The van der Waals surface area contributed by atoms with E-state index in [1.165, 1.54) is 231 Å². The molecule has 1 atom stereocenters. The van der Waals surface area contributed by atoms with Crippen molar-refractivity contribution in [2.24, 2.45) is 5.92 Å². The average molecular weight is 920 g/mol. The van der Waals surface area contributed by atoms with Crippen LogP contribution >= 0.6 is 0 Å². The Bertz CT molecular complexity index is 980. The summed E-state index contributed by atoms with van der Waals surface area (Å²) in [5, 5.41) is 0. The summed E-state index contributed by atoms with van der Waals surface area (Å²) in [6.07, 6.45) is 58.1. The third-order valence-electron chi connectivity index (χ3n) is 13.5. The van der Waals surface area contributed by atoms with Crippen LogP contribution in [0.3, 0.4) is 0 Å². The van der Waals surface area contributed by atoms with Crippen molar-refractivity contribution in [3.8, 4) is 0 Å². The maximum atomic E-state index is 12.8. The van der Waals surface area contributed by atoms with E-state index in [4.69, 9.17) is 14.2 Å². The molecule has 0 bridgehead atoms. The van der Waals surface area contributed by atoms with Gasteiger partial charge in [-0.25, -0.2) is 0 Å². The van der Waals surface area contributed by atoms with Gasteiger partial charge in [0, 0.05) is 19.3 Å². The van der Waals surface area contributed by atoms with Crippen LogP contribution in [0.2, 0.25) is 0 Å². The molecule has 0 saturated carbocycles. The molecule has 65 heavy (non-hydrogen) atoms. The van der Waals surface area contributed by atoms with Crippen LogP contribution in [0, 0.1) is 5.92 Å². The monoisotopic (exact) mass is 919 g/mol. The van der Waals surface area contributed by atoms with Gasteiger partial charge in [-0.05, 0) is 25.2 Å². The largest absolute Gasteiger partial charge is 0.462 e. The maximum Gasteiger partial charge on any atom is 0.306 e. The van der Waals surface area contributed by atoms with E-state index in [0.717, 1.165) is 63.7 Å². The molecule has 0 aliphatic heterocycles. The third-order valence-corrected chi connectivity index (χ3v) is 13.5. The Labute approximate surface area is 406 Å². The molecule has 0 aliphatic carbocycles. The SMILES string of the molecule is CCCCCCCCCCCCCCCCCCCCCC(=O)OC[C@@H](COC(=O)CCCCCCCCCCCC)OC(=O)CCCCCCCCCCCCCCCCCC(C)C. The summed E-state index contributed by atoms with van der Waals surface area (Å²) < 4.78 is 16.9. The van der Waals surface area contributed by atoms with Crippen molar-refractivity contribution < 1.29 is 28.6 Å². The highest BCUT2D eigenvalue weighted by Gasteiger charge is 2.19. The van der Waals surface area contributed by atoms with E-state index < -0.39 is 6.10 Å². The summed E-state index contributed by atoms with van der Waals surface area (Å²) >= 11 is 0. The number of carbonyl (C=O) groups excluding carboxylic acids is 3. The van der Waals surface area contributed by atoms with Gasteiger partial charge < -0.3 is 14.2 Å². The first kappa shape index (κ1) is 63.4. The summed E-state index contributed by atoms with van der Waals surface area (Å²) in [5.74, 6) is 0.0114. The lowest BCUT2D eigenvalue weighted by Gasteiger charge is -2.18. The summed E-state index contributed by atoms with van der Waals surface area (Å²) in [4.78, 5) is 38.1. The van der Waals surface area contributed by atoms with Crippen LogP contribution in [0.25, 0.3) is 0 Å². The fourth-order valence-corrected chi connectivity index (χ4v) is 9.10. The molecule has 0 aliphatic rings. The molecule has 0 N–H and O–H groups in total. The Kier molecular flexibility index (Phi) is 52.1. The molecule has 0 spiro atoms. The maximum absolute atomic E-state index is 12.8. The summed E-state index contributed by atoms with van der Waals surface area (Å²) in [6.45, 7) is 9.06. The number of rotatable bonds is 54. The zero-order chi connectivity index (χ0) is 47.4. The van der Waals surface area contributed by atoms with Gasteiger partial charge in [0.05, 0.1) is 0 Å². The zero-order valence-corrected chi connectivity index (χ0v) is 44.5. The number of ether oxygens (including phenoxy) is 3. The van der Waals surface area contributed by atoms with E-state index in [0.29, 0.717) is 19.3 Å². The van der Waals surface area contributed by atoms with E-state index >= 15 is 0 Å². The van der Waals surface area contributed by atoms with Gasteiger partial charge in [0.1, 0.15) is 13.2 Å². The molecule has 0 heterocycles. The lowest BCUT2D eigenvalue weighted by molar-refractivity contribution is -0.167. The van der Waals surface area contributed by atoms with Crippen LogP contribution in [-0.4, -0.2) is 37.2 Å².